The Bertz CT molecular complexity index is 750. The molecule has 3 amide bonds. The van der Waals surface area contributed by atoms with Crippen LogP contribution in [0, 0.1) is 0 Å². The molecule has 0 radical (unpaired) electrons. The summed E-state index contributed by atoms with van der Waals surface area (Å²) in [5.41, 5.74) is 1.23. The molecule has 1 saturated heterocycles. The second-order valence-electron chi connectivity index (χ2n) is 7.13. The molecule has 1 aromatic rings. The SMILES string of the molecule is CCCOC(=O)CC1C(=O)NCCN1CC(=O)Nc1ccc(NC(=O)CCC)cc1. The minimum Gasteiger partial charge on any atom is -0.466 e. The van der Waals surface area contributed by atoms with Gasteiger partial charge in [0.25, 0.3) is 0 Å². The van der Waals surface area contributed by atoms with Crippen molar-refractivity contribution in [3.8, 4) is 0 Å². The Kier molecular flexibility index (Phi) is 9.27. The Morgan fingerprint density at radius 2 is 1.70 bits per heavy atom. The molecule has 0 bridgehead atoms. The number of hydrogen-bond donors (Lipinski definition) is 3. The number of carbonyl (C=O) groups is 4. The highest BCUT2D eigenvalue weighted by Crippen LogP contribution is 2.15. The van der Waals surface area contributed by atoms with Crippen molar-refractivity contribution in [2.45, 2.75) is 45.6 Å². The first-order valence-corrected chi connectivity index (χ1v) is 10.3. The van der Waals surface area contributed by atoms with Gasteiger partial charge in [0.1, 0.15) is 6.04 Å². The van der Waals surface area contributed by atoms with Crippen molar-refractivity contribution in [3.05, 3.63) is 24.3 Å². The first-order valence-electron chi connectivity index (χ1n) is 10.3. The van der Waals surface area contributed by atoms with Gasteiger partial charge in [0.2, 0.25) is 17.7 Å². The molecule has 0 aliphatic carbocycles. The van der Waals surface area contributed by atoms with Gasteiger partial charge in [0.05, 0.1) is 19.6 Å². The molecule has 9 nitrogen and oxygen atoms in total. The van der Waals surface area contributed by atoms with Crippen LogP contribution in [0.1, 0.15) is 39.5 Å². The Morgan fingerprint density at radius 3 is 2.30 bits per heavy atom. The summed E-state index contributed by atoms with van der Waals surface area (Å²) >= 11 is 0. The molecule has 30 heavy (non-hydrogen) atoms. The van der Waals surface area contributed by atoms with Crippen LogP contribution in [0.4, 0.5) is 11.4 Å². The van der Waals surface area contributed by atoms with Gasteiger partial charge in [0, 0.05) is 30.9 Å². The lowest BCUT2D eigenvalue weighted by atomic mass is 10.1. The fraction of sp³-hybridized carbons (Fsp3) is 0.524. The average Bonchev–Trinajstić information content (AvgIpc) is 2.70. The van der Waals surface area contributed by atoms with E-state index in [4.69, 9.17) is 4.74 Å². The normalized spacial score (nSPS) is 16.5. The van der Waals surface area contributed by atoms with Crippen molar-refractivity contribution in [1.29, 1.82) is 0 Å². The summed E-state index contributed by atoms with van der Waals surface area (Å²) in [6.07, 6.45) is 1.84. The third-order valence-corrected chi connectivity index (χ3v) is 4.55. The number of rotatable bonds is 10. The van der Waals surface area contributed by atoms with Gasteiger partial charge in [-0.1, -0.05) is 13.8 Å². The molecule has 1 unspecified atom stereocenters. The number of benzene rings is 1. The van der Waals surface area contributed by atoms with Gasteiger partial charge in [-0.15, -0.1) is 0 Å². The summed E-state index contributed by atoms with van der Waals surface area (Å²) < 4.78 is 5.07. The van der Waals surface area contributed by atoms with Gasteiger partial charge in [-0.05, 0) is 37.1 Å². The third kappa shape index (κ3) is 7.47. The molecular weight excluding hydrogens is 388 g/mol. The summed E-state index contributed by atoms with van der Waals surface area (Å²) in [4.78, 5) is 49.9. The molecule has 1 atom stereocenters. The van der Waals surface area contributed by atoms with Gasteiger partial charge >= 0.3 is 5.97 Å². The summed E-state index contributed by atoms with van der Waals surface area (Å²) in [7, 11) is 0. The van der Waals surface area contributed by atoms with Crippen molar-refractivity contribution >= 4 is 35.1 Å². The van der Waals surface area contributed by atoms with E-state index < -0.39 is 12.0 Å². The highest BCUT2D eigenvalue weighted by atomic mass is 16.5. The molecule has 0 aromatic heterocycles. The Balaban J connectivity index is 1.90. The van der Waals surface area contributed by atoms with E-state index >= 15 is 0 Å². The highest BCUT2D eigenvalue weighted by Gasteiger charge is 2.33. The monoisotopic (exact) mass is 418 g/mol. The lowest BCUT2D eigenvalue weighted by molar-refractivity contribution is -0.148. The third-order valence-electron chi connectivity index (χ3n) is 4.55. The van der Waals surface area contributed by atoms with Crippen molar-refractivity contribution in [2.75, 3.05) is 36.9 Å². The lowest BCUT2D eigenvalue weighted by Crippen LogP contribution is -2.57. The maximum absolute atomic E-state index is 12.5. The number of piperazine rings is 1. The van der Waals surface area contributed by atoms with Crippen LogP contribution in [0.3, 0.4) is 0 Å². The van der Waals surface area contributed by atoms with Gasteiger partial charge in [-0.3, -0.25) is 24.1 Å². The summed E-state index contributed by atoms with van der Waals surface area (Å²) in [6, 6.07) is 6.09. The fourth-order valence-electron chi connectivity index (χ4n) is 3.08. The van der Waals surface area contributed by atoms with Crippen LogP contribution in [-0.2, 0) is 23.9 Å². The molecule has 1 fully saturated rings. The van der Waals surface area contributed by atoms with Crippen molar-refractivity contribution in [1.82, 2.24) is 10.2 Å². The standard InChI is InChI=1S/C21H30N4O5/c1-3-5-18(26)23-15-6-8-16(9-7-15)24-19(27)14-25-11-10-22-21(29)17(25)13-20(28)30-12-4-2/h6-9,17H,3-5,10-14H2,1-2H3,(H,22,29)(H,23,26)(H,24,27). The molecule has 2 rings (SSSR count). The zero-order chi connectivity index (χ0) is 21.9. The van der Waals surface area contributed by atoms with E-state index in [1.54, 1.807) is 29.2 Å². The minimum absolute atomic E-state index is 0.0197. The van der Waals surface area contributed by atoms with Crippen molar-refractivity contribution < 1.29 is 23.9 Å². The summed E-state index contributed by atoms with van der Waals surface area (Å²) in [5, 5.41) is 8.28. The van der Waals surface area contributed by atoms with Crippen LogP contribution in [-0.4, -0.2) is 60.9 Å². The Labute approximate surface area is 176 Å². The number of ether oxygens (including phenoxy) is 1. The summed E-state index contributed by atoms with van der Waals surface area (Å²) in [5.74, 6) is -1.08. The summed E-state index contributed by atoms with van der Waals surface area (Å²) in [6.45, 7) is 4.99. The Hall–Kier alpha value is -2.94. The smallest absolute Gasteiger partial charge is 0.307 e. The number of anilines is 2. The first-order chi connectivity index (χ1) is 14.4. The lowest BCUT2D eigenvalue weighted by Gasteiger charge is -2.33. The second kappa shape index (κ2) is 11.9. The molecule has 1 aromatic carbocycles. The van der Waals surface area contributed by atoms with Crippen LogP contribution in [0.2, 0.25) is 0 Å². The molecule has 1 aliphatic heterocycles. The van der Waals surface area contributed by atoms with Crippen molar-refractivity contribution in [3.63, 3.8) is 0 Å². The molecule has 9 heteroatoms. The fourth-order valence-corrected chi connectivity index (χ4v) is 3.08. The quantitative estimate of drug-likeness (QED) is 0.496. The zero-order valence-corrected chi connectivity index (χ0v) is 17.5. The second-order valence-corrected chi connectivity index (χ2v) is 7.13. The van der Waals surface area contributed by atoms with Gasteiger partial charge in [-0.2, -0.15) is 0 Å². The number of nitrogens with one attached hydrogen (secondary N) is 3. The van der Waals surface area contributed by atoms with Crippen molar-refractivity contribution in [2.24, 2.45) is 0 Å². The van der Waals surface area contributed by atoms with Crippen LogP contribution < -0.4 is 16.0 Å². The maximum atomic E-state index is 12.5. The number of hydrogen-bond acceptors (Lipinski definition) is 6. The van der Waals surface area contributed by atoms with E-state index in [-0.39, 0.29) is 30.7 Å². The number of amides is 3. The Morgan fingerprint density at radius 1 is 1.07 bits per heavy atom. The van der Waals surface area contributed by atoms with E-state index in [0.717, 1.165) is 6.42 Å². The average molecular weight is 418 g/mol. The molecule has 1 aliphatic rings. The topological polar surface area (TPSA) is 117 Å². The van der Waals surface area contributed by atoms with Crippen LogP contribution >= 0.6 is 0 Å². The van der Waals surface area contributed by atoms with E-state index in [9.17, 15) is 19.2 Å². The van der Waals surface area contributed by atoms with E-state index in [1.807, 2.05) is 13.8 Å². The largest absolute Gasteiger partial charge is 0.466 e. The molecule has 1 heterocycles. The van der Waals surface area contributed by atoms with Gasteiger partial charge < -0.3 is 20.7 Å². The molecular formula is C21H30N4O5. The molecule has 0 saturated carbocycles. The number of esters is 1. The maximum Gasteiger partial charge on any atom is 0.307 e. The molecule has 3 N–H and O–H groups in total. The number of nitrogens with zero attached hydrogens (tertiary/aromatic N) is 1. The van der Waals surface area contributed by atoms with Gasteiger partial charge in [0.15, 0.2) is 0 Å². The zero-order valence-electron chi connectivity index (χ0n) is 17.5. The van der Waals surface area contributed by atoms with Crippen LogP contribution in [0.15, 0.2) is 24.3 Å². The van der Waals surface area contributed by atoms with E-state index in [2.05, 4.69) is 16.0 Å². The minimum atomic E-state index is -0.731. The van der Waals surface area contributed by atoms with Gasteiger partial charge in [-0.25, -0.2) is 0 Å². The highest BCUT2D eigenvalue weighted by molar-refractivity contribution is 5.94. The molecule has 164 valence electrons. The van der Waals surface area contributed by atoms with E-state index in [1.165, 1.54) is 0 Å². The van der Waals surface area contributed by atoms with Crippen LogP contribution in [0.5, 0.6) is 0 Å². The van der Waals surface area contributed by atoms with E-state index in [0.29, 0.717) is 43.9 Å². The van der Waals surface area contributed by atoms with Crippen LogP contribution in [0.25, 0.3) is 0 Å². The predicted molar refractivity (Wildman–Crippen MR) is 113 cm³/mol. The number of carbonyl (C=O) groups excluding carboxylic acids is 4. The predicted octanol–water partition coefficient (Wildman–Crippen LogP) is 1.51. The molecule has 0 spiro atoms. The first kappa shape index (κ1) is 23.3.